The molecule has 0 bridgehead atoms. The van der Waals surface area contributed by atoms with Gasteiger partial charge in [-0.15, -0.1) is 0 Å². The quantitative estimate of drug-likeness (QED) is 0.611. The number of pyridine rings is 2. The van der Waals surface area contributed by atoms with Crippen LogP contribution in [0.25, 0.3) is 11.3 Å². The Hall–Kier alpha value is -3.33. The van der Waals surface area contributed by atoms with Crippen molar-refractivity contribution in [2.75, 3.05) is 0 Å². The van der Waals surface area contributed by atoms with Crippen LogP contribution in [-0.2, 0) is 6.54 Å². The number of alkyl halides is 3. The summed E-state index contributed by atoms with van der Waals surface area (Å²) in [5, 5.41) is 12.2. The van der Waals surface area contributed by atoms with Crippen molar-refractivity contribution < 1.29 is 27.5 Å². The van der Waals surface area contributed by atoms with Crippen molar-refractivity contribution in [2.24, 2.45) is 0 Å². The van der Waals surface area contributed by atoms with E-state index < -0.39 is 29.6 Å². The molecule has 0 saturated heterocycles. The van der Waals surface area contributed by atoms with E-state index in [2.05, 4.69) is 15.3 Å². The highest BCUT2D eigenvalue weighted by Gasteiger charge is 2.39. The molecule has 2 heterocycles. The van der Waals surface area contributed by atoms with Gasteiger partial charge < -0.3 is 10.4 Å². The Bertz CT molecular complexity index is 1050. The monoisotopic (exact) mass is 419 g/mol. The van der Waals surface area contributed by atoms with Gasteiger partial charge in [0.15, 0.2) is 6.10 Å². The molecule has 1 aromatic carbocycles. The number of aryl methyl sites for hydroxylation is 1. The summed E-state index contributed by atoms with van der Waals surface area (Å²) in [5.41, 5.74) is 1.24. The molecule has 0 aliphatic heterocycles. The minimum absolute atomic E-state index is 0.0756. The first-order valence-corrected chi connectivity index (χ1v) is 8.84. The molecule has 156 valence electrons. The van der Waals surface area contributed by atoms with E-state index in [9.17, 15) is 27.5 Å². The lowest BCUT2D eigenvalue weighted by Crippen LogP contribution is -2.24. The Morgan fingerprint density at radius 1 is 1.13 bits per heavy atom. The molecule has 0 aliphatic rings. The van der Waals surface area contributed by atoms with E-state index in [1.165, 1.54) is 18.3 Å². The Labute approximate surface area is 169 Å². The predicted octanol–water partition coefficient (Wildman–Crippen LogP) is 4.12. The molecule has 0 spiro atoms. The number of amides is 1. The number of benzene rings is 1. The lowest BCUT2D eigenvalue weighted by atomic mass is 9.99. The van der Waals surface area contributed by atoms with Gasteiger partial charge in [-0.3, -0.25) is 14.8 Å². The van der Waals surface area contributed by atoms with Crippen LogP contribution in [0, 0.1) is 12.7 Å². The first kappa shape index (κ1) is 21.4. The molecule has 2 N–H and O–H groups in total. The number of carbonyl (C=O) groups is 1. The number of halogens is 4. The smallest absolute Gasteiger partial charge is 0.379 e. The molecule has 3 rings (SSSR count). The maximum atomic E-state index is 13.2. The zero-order chi connectivity index (χ0) is 21.9. The number of aliphatic hydroxyl groups is 1. The molecule has 0 saturated carbocycles. The SMILES string of the molecule is Cc1ccc(-c2cc(C(=O)NCc3cncc(F)c3)cc(C(O)C(F)(F)F)c2)nc1. The molecule has 0 radical (unpaired) electrons. The zero-order valence-corrected chi connectivity index (χ0v) is 15.7. The average Bonchev–Trinajstić information content (AvgIpc) is 2.71. The first-order chi connectivity index (χ1) is 14.1. The summed E-state index contributed by atoms with van der Waals surface area (Å²) in [6.45, 7) is 1.73. The fourth-order valence-corrected chi connectivity index (χ4v) is 2.75. The summed E-state index contributed by atoms with van der Waals surface area (Å²) >= 11 is 0. The van der Waals surface area contributed by atoms with Crippen LogP contribution in [0.2, 0.25) is 0 Å². The number of carbonyl (C=O) groups excluding carboxylic acids is 1. The highest BCUT2D eigenvalue weighted by atomic mass is 19.4. The second-order valence-corrected chi connectivity index (χ2v) is 6.70. The van der Waals surface area contributed by atoms with Crippen molar-refractivity contribution in [3.8, 4) is 11.3 Å². The number of nitrogens with zero attached hydrogens (tertiary/aromatic N) is 2. The number of nitrogens with one attached hydrogen (secondary N) is 1. The molecular weight excluding hydrogens is 402 g/mol. The van der Waals surface area contributed by atoms with Crippen LogP contribution < -0.4 is 5.32 Å². The van der Waals surface area contributed by atoms with Gasteiger partial charge in [-0.2, -0.15) is 13.2 Å². The van der Waals surface area contributed by atoms with Gasteiger partial charge in [0, 0.05) is 30.1 Å². The number of hydrogen-bond acceptors (Lipinski definition) is 4. The maximum Gasteiger partial charge on any atom is 0.418 e. The third-order valence-corrected chi connectivity index (χ3v) is 4.27. The predicted molar refractivity (Wildman–Crippen MR) is 101 cm³/mol. The van der Waals surface area contributed by atoms with Crippen LogP contribution >= 0.6 is 0 Å². The number of aliphatic hydroxyl groups excluding tert-OH is 1. The fourth-order valence-electron chi connectivity index (χ4n) is 2.75. The van der Waals surface area contributed by atoms with Crippen LogP contribution in [0.5, 0.6) is 0 Å². The number of rotatable bonds is 5. The maximum absolute atomic E-state index is 13.2. The van der Waals surface area contributed by atoms with Gasteiger partial charge in [0.1, 0.15) is 5.82 Å². The van der Waals surface area contributed by atoms with Gasteiger partial charge in [0.25, 0.3) is 5.91 Å². The van der Waals surface area contributed by atoms with Crippen molar-refractivity contribution in [1.82, 2.24) is 15.3 Å². The molecule has 0 aliphatic carbocycles. The molecule has 1 unspecified atom stereocenters. The molecular formula is C21H17F4N3O2. The van der Waals surface area contributed by atoms with E-state index in [0.29, 0.717) is 11.3 Å². The van der Waals surface area contributed by atoms with Crippen LogP contribution in [-0.4, -0.2) is 27.2 Å². The first-order valence-electron chi connectivity index (χ1n) is 8.84. The minimum Gasteiger partial charge on any atom is -0.379 e. The topological polar surface area (TPSA) is 75.1 Å². The largest absolute Gasteiger partial charge is 0.418 e. The van der Waals surface area contributed by atoms with E-state index >= 15 is 0 Å². The van der Waals surface area contributed by atoms with Crippen LogP contribution in [0.4, 0.5) is 17.6 Å². The van der Waals surface area contributed by atoms with Crippen LogP contribution in [0.15, 0.2) is 55.0 Å². The summed E-state index contributed by atoms with van der Waals surface area (Å²) in [6.07, 6.45) is -3.76. The zero-order valence-electron chi connectivity index (χ0n) is 15.7. The van der Waals surface area contributed by atoms with Gasteiger partial charge in [-0.1, -0.05) is 6.07 Å². The second kappa shape index (κ2) is 8.58. The summed E-state index contributed by atoms with van der Waals surface area (Å²) in [4.78, 5) is 20.4. The highest BCUT2D eigenvalue weighted by molar-refractivity contribution is 5.95. The Kier molecular flexibility index (Phi) is 6.12. The molecule has 1 amide bonds. The average molecular weight is 419 g/mol. The van der Waals surface area contributed by atoms with E-state index in [-0.39, 0.29) is 17.7 Å². The van der Waals surface area contributed by atoms with Gasteiger partial charge >= 0.3 is 6.18 Å². The third kappa shape index (κ3) is 5.18. The Morgan fingerprint density at radius 3 is 2.53 bits per heavy atom. The molecule has 30 heavy (non-hydrogen) atoms. The van der Waals surface area contributed by atoms with Crippen LogP contribution in [0.1, 0.15) is 33.2 Å². The van der Waals surface area contributed by atoms with Crippen molar-refractivity contribution in [1.29, 1.82) is 0 Å². The third-order valence-electron chi connectivity index (χ3n) is 4.27. The van der Waals surface area contributed by atoms with Gasteiger partial charge in [0.05, 0.1) is 11.9 Å². The van der Waals surface area contributed by atoms with E-state index in [4.69, 9.17) is 0 Å². The van der Waals surface area contributed by atoms with Crippen molar-refractivity contribution in [3.63, 3.8) is 0 Å². The lowest BCUT2D eigenvalue weighted by Gasteiger charge is -2.17. The molecule has 2 aromatic heterocycles. The normalized spacial score (nSPS) is 12.5. The van der Waals surface area contributed by atoms with Crippen molar-refractivity contribution in [3.05, 3.63) is 83.1 Å². The number of hydrogen-bond donors (Lipinski definition) is 2. The number of aromatic nitrogens is 2. The van der Waals surface area contributed by atoms with E-state index in [1.807, 2.05) is 0 Å². The Morgan fingerprint density at radius 2 is 1.90 bits per heavy atom. The summed E-state index contributed by atoms with van der Waals surface area (Å²) < 4.78 is 52.4. The molecule has 5 nitrogen and oxygen atoms in total. The second-order valence-electron chi connectivity index (χ2n) is 6.70. The van der Waals surface area contributed by atoms with Gasteiger partial charge in [-0.25, -0.2) is 4.39 Å². The minimum atomic E-state index is -4.90. The van der Waals surface area contributed by atoms with E-state index in [1.54, 1.807) is 25.3 Å². The summed E-state index contributed by atoms with van der Waals surface area (Å²) in [7, 11) is 0. The lowest BCUT2D eigenvalue weighted by molar-refractivity contribution is -0.206. The van der Waals surface area contributed by atoms with Gasteiger partial charge in [0.2, 0.25) is 0 Å². The van der Waals surface area contributed by atoms with Crippen LogP contribution in [0.3, 0.4) is 0 Å². The molecule has 1 atom stereocenters. The fraction of sp³-hybridized carbons (Fsp3) is 0.190. The summed E-state index contributed by atoms with van der Waals surface area (Å²) in [6, 6.07) is 8.00. The van der Waals surface area contributed by atoms with Crippen molar-refractivity contribution in [2.45, 2.75) is 25.7 Å². The highest BCUT2D eigenvalue weighted by Crippen LogP contribution is 2.34. The van der Waals surface area contributed by atoms with Gasteiger partial charge in [-0.05, 0) is 53.9 Å². The molecule has 3 aromatic rings. The molecule has 9 heteroatoms. The standard InChI is InChI=1S/C21H17F4N3O2/c1-12-2-3-18(27-8-12)14-5-15(19(29)21(23,24)25)7-16(6-14)20(30)28-10-13-4-17(22)11-26-9-13/h2-9,11,19,29H,10H2,1H3,(H,28,30). The Balaban J connectivity index is 1.94. The summed E-state index contributed by atoms with van der Waals surface area (Å²) in [5.74, 6) is -1.27. The molecule has 0 fully saturated rings. The van der Waals surface area contributed by atoms with E-state index in [0.717, 1.165) is 23.9 Å². The van der Waals surface area contributed by atoms with Crippen molar-refractivity contribution >= 4 is 5.91 Å².